The molecule has 5 rings (SSSR count). The van der Waals surface area contributed by atoms with Crippen molar-refractivity contribution in [3.8, 4) is 22.4 Å². The molecule has 1 unspecified atom stereocenters. The highest BCUT2D eigenvalue weighted by Gasteiger charge is 2.28. The molecule has 1 fully saturated rings. The molecule has 2 aromatic carbocycles. The number of aryl methyl sites for hydroxylation is 1. The van der Waals surface area contributed by atoms with Crippen LogP contribution < -0.4 is 11.1 Å². The van der Waals surface area contributed by atoms with Crippen molar-refractivity contribution in [2.24, 2.45) is 5.73 Å². The highest BCUT2D eigenvalue weighted by atomic mass is 35.5. The van der Waals surface area contributed by atoms with Crippen molar-refractivity contribution < 1.29 is 14.6 Å². The van der Waals surface area contributed by atoms with Crippen LogP contribution in [0.2, 0.25) is 10.0 Å². The predicted octanol–water partition coefficient (Wildman–Crippen LogP) is 4.54. The zero-order chi connectivity index (χ0) is 29.6. The van der Waals surface area contributed by atoms with E-state index < -0.39 is 6.03 Å². The van der Waals surface area contributed by atoms with Crippen molar-refractivity contribution in [2.75, 3.05) is 46.0 Å². The first-order valence-electron chi connectivity index (χ1n) is 14.7. The first-order chi connectivity index (χ1) is 20.4. The van der Waals surface area contributed by atoms with Crippen LogP contribution in [0.4, 0.5) is 4.79 Å². The second-order valence-electron chi connectivity index (χ2n) is 11.1. The van der Waals surface area contributed by atoms with Crippen LogP contribution in [0.25, 0.3) is 22.4 Å². The van der Waals surface area contributed by atoms with Gasteiger partial charge in [0.1, 0.15) is 0 Å². The Bertz CT molecular complexity index is 1400. The van der Waals surface area contributed by atoms with E-state index in [1.807, 2.05) is 24.3 Å². The topological polar surface area (TPSA) is 109 Å². The summed E-state index contributed by atoms with van der Waals surface area (Å²) < 4.78 is 7.72. The number of aliphatic hydroxyl groups excluding tert-OH is 1. The lowest BCUT2D eigenvalue weighted by atomic mass is 9.96. The second-order valence-corrected chi connectivity index (χ2v) is 11.9. The number of ether oxygens (including phenoxy) is 1. The molecule has 3 heterocycles. The summed E-state index contributed by atoms with van der Waals surface area (Å²) >= 11 is 13.2. The maximum atomic E-state index is 12.1. The Morgan fingerprint density at radius 3 is 2.71 bits per heavy atom. The fourth-order valence-electron chi connectivity index (χ4n) is 5.81. The number of nitrogens with one attached hydrogen (secondary N) is 1. The summed E-state index contributed by atoms with van der Waals surface area (Å²) in [6.45, 7) is 8.96. The lowest BCUT2D eigenvalue weighted by Crippen LogP contribution is -2.44. The molecule has 1 saturated heterocycles. The molecule has 3 aromatic rings. The van der Waals surface area contributed by atoms with E-state index in [0.29, 0.717) is 55.1 Å². The minimum Gasteiger partial charge on any atom is -0.396 e. The molecule has 2 amide bonds. The Balaban J connectivity index is 1.43. The molecule has 1 atom stereocenters. The Kier molecular flexibility index (Phi) is 10.4. The van der Waals surface area contributed by atoms with E-state index in [4.69, 9.17) is 43.9 Å². The Labute approximate surface area is 257 Å². The van der Waals surface area contributed by atoms with Crippen LogP contribution in [0.3, 0.4) is 0 Å². The van der Waals surface area contributed by atoms with Crippen LogP contribution >= 0.6 is 23.2 Å². The fraction of sp³-hybridized carbons (Fsp3) is 0.484. The van der Waals surface area contributed by atoms with Crippen molar-refractivity contribution in [1.29, 1.82) is 0 Å². The number of hydrogen-bond donors (Lipinski definition) is 3. The maximum Gasteiger partial charge on any atom is 0.315 e. The molecule has 0 saturated carbocycles. The standard InChI is InChI=1S/C31H40Cl2N6O3/c1-21-20-42-15-13-37(21)10-3-11-39-29-8-12-38(31(34)41)19-26(29)30(36-39)23-5-7-28(33)25(17-23)22-4-6-27(32)24(16-22)18-35-9-2-14-40/h4-7,16-17,21,35,40H,2-3,8-15,18-20H2,1H3,(H2,34,41). The van der Waals surface area contributed by atoms with Gasteiger partial charge in [0.25, 0.3) is 0 Å². The highest BCUT2D eigenvalue weighted by molar-refractivity contribution is 6.33. The summed E-state index contributed by atoms with van der Waals surface area (Å²) in [5.74, 6) is 0. The molecule has 0 spiro atoms. The van der Waals surface area contributed by atoms with Gasteiger partial charge in [-0.25, -0.2) is 4.79 Å². The number of nitrogens with two attached hydrogens (primary N) is 1. The minimum absolute atomic E-state index is 0.146. The van der Waals surface area contributed by atoms with E-state index >= 15 is 0 Å². The lowest BCUT2D eigenvalue weighted by Gasteiger charge is -2.33. The van der Waals surface area contributed by atoms with Gasteiger partial charge in [0, 0.05) is 84.2 Å². The van der Waals surface area contributed by atoms with Crippen molar-refractivity contribution in [3.05, 3.63) is 63.3 Å². The van der Waals surface area contributed by atoms with Crippen LogP contribution in [0, 0.1) is 0 Å². The van der Waals surface area contributed by atoms with Crippen molar-refractivity contribution in [1.82, 2.24) is 24.9 Å². The molecular weight excluding hydrogens is 575 g/mol. The normalized spacial score (nSPS) is 17.4. The largest absolute Gasteiger partial charge is 0.396 e. The number of hydrogen-bond acceptors (Lipinski definition) is 6. The SMILES string of the molecule is CC1COCCN1CCCn1nc(-c2ccc(Cl)c(-c3ccc(Cl)c(CNCCCO)c3)c2)c2c1CCN(C(N)=O)C2. The van der Waals surface area contributed by atoms with Gasteiger partial charge in [0.15, 0.2) is 0 Å². The Hall–Kier alpha value is -2.66. The number of nitrogens with zero attached hydrogens (tertiary/aromatic N) is 4. The minimum atomic E-state index is -0.418. The van der Waals surface area contributed by atoms with Crippen molar-refractivity contribution >= 4 is 29.2 Å². The quantitative estimate of drug-likeness (QED) is 0.274. The van der Waals surface area contributed by atoms with Crippen LogP contribution in [-0.2, 0) is 30.8 Å². The molecule has 11 heteroatoms. The third-order valence-electron chi connectivity index (χ3n) is 8.19. The number of halogens is 2. The molecule has 2 aliphatic rings. The van der Waals surface area contributed by atoms with E-state index in [0.717, 1.165) is 78.5 Å². The molecule has 2 aliphatic heterocycles. The number of urea groups is 1. The molecule has 4 N–H and O–H groups in total. The van der Waals surface area contributed by atoms with E-state index in [1.165, 1.54) is 0 Å². The van der Waals surface area contributed by atoms with Crippen molar-refractivity contribution in [3.63, 3.8) is 0 Å². The maximum absolute atomic E-state index is 12.1. The van der Waals surface area contributed by atoms with E-state index in [2.05, 4.69) is 34.0 Å². The second kappa shape index (κ2) is 14.2. The van der Waals surface area contributed by atoms with Gasteiger partial charge >= 0.3 is 6.03 Å². The van der Waals surface area contributed by atoms with E-state index in [9.17, 15) is 4.79 Å². The molecular formula is C31H40Cl2N6O3. The number of fused-ring (bicyclic) bond motifs is 1. The van der Waals surface area contributed by atoms with Crippen molar-refractivity contribution in [2.45, 2.75) is 51.9 Å². The first kappa shape index (κ1) is 30.8. The number of morpholine rings is 1. The van der Waals surface area contributed by atoms with E-state index in [1.54, 1.807) is 4.90 Å². The summed E-state index contributed by atoms with van der Waals surface area (Å²) in [4.78, 5) is 16.3. The van der Waals surface area contributed by atoms with Gasteiger partial charge in [-0.05, 0) is 61.7 Å². The Morgan fingerprint density at radius 2 is 1.93 bits per heavy atom. The molecule has 1 aromatic heterocycles. The summed E-state index contributed by atoms with van der Waals surface area (Å²) in [5.41, 5.74) is 12.5. The number of primary amides is 1. The Morgan fingerprint density at radius 1 is 1.12 bits per heavy atom. The van der Waals surface area contributed by atoms with Gasteiger partial charge in [-0.15, -0.1) is 0 Å². The molecule has 42 heavy (non-hydrogen) atoms. The molecule has 226 valence electrons. The number of amides is 2. The summed E-state index contributed by atoms with van der Waals surface area (Å²) in [6, 6.07) is 11.9. The average molecular weight is 616 g/mol. The number of carbonyl (C=O) groups is 1. The van der Waals surface area contributed by atoms with Gasteiger partial charge in [0.2, 0.25) is 0 Å². The number of benzene rings is 2. The van der Waals surface area contributed by atoms with E-state index in [-0.39, 0.29) is 6.61 Å². The molecule has 0 aliphatic carbocycles. The summed E-state index contributed by atoms with van der Waals surface area (Å²) in [7, 11) is 0. The predicted molar refractivity (Wildman–Crippen MR) is 167 cm³/mol. The molecule has 0 bridgehead atoms. The third-order valence-corrected chi connectivity index (χ3v) is 8.89. The number of carbonyl (C=O) groups excluding carboxylic acids is 1. The van der Waals surface area contributed by atoms with Crippen LogP contribution in [0.1, 0.15) is 36.6 Å². The van der Waals surface area contributed by atoms with Gasteiger partial charge in [0.05, 0.1) is 25.5 Å². The monoisotopic (exact) mass is 614 g/mol. The van der Waals surface area contributed by atoms with Gasteiger partial charge in [-0.1, -0.05) is 35.3 Å². The first-order valence-corrected chi connectivity index (χ1v) is 15.5. The summed E-state index contributed by atoms with van der Waals surface area (Å²) in [5, 5.41) is 18.8. The van der Waals surface area contributed by atoms with Gasteiger partial charge < -0.3 is 25.8 Å². The van der Waals surface area contributed by atoms with Gasteiger partial charge in [-0.3, -0.25) is 9.58 Å². The van der Waals surface area contributed by atoms with Crippen LogP contribution in [-0.4, -0.2) is 82.8 Å². The average Bonchev–Trinajstić information content (AvgIpc) is 3.35. The van der Waals surface area contributed by atoms with Gasteiger partial charge in [-0.2, -0.15) is 5.10 Å². The molecule has 0 radical (unpaired) electrons. The zero-order valence-corrected chi connectivity index (χ0v) is 25.6. The smallest absolute Gasteiger partial charge is 0.315 e. The summed E-state index contributed by atoms with van der Waals surface area (Å²) in [6.07, 6.45) is 2.37. The van der Waals surface area contributed by atoms with Crippen LogP contribution in [0.15, 0.2) is 36.4 Å². The number of aliphatic hydroxyl groups is 1. The molecule has 9 nitrogen and oxygen atoms in total. The third kappa shape index (κ3) is 7.10. The lowest BCUT2D eigenvalue weighted by molar-refractivity contribution is -0.00122. The highest BCUT2D eigenvalue weighted by Crippen LogP contribution is 2.37. The fourth-order valence-corrected chi connectivity index (χ4v) is 6.22. The number of rotatable bonds is 11. The zero-order valence-electron chi connectivity index (χ0n) is 24.1. The van der Waals surface area contributed by atoms with Crippen LogP contribution in [0.5, 0.6) is 0 Å². The number of aromatic nitrogens is 2.